The normalized spacial score (nSPS) is 13.2. The fourth-order valence-electron chi connectivity index (χ4n) is 4.36. The number of pyridine rings is 2. The van der Waals surface area contributed by atoms with Gasteiger partial charge in [0.05, 0.1) is 12.6 Å². The van der Waals surface area contributed by atoms with E-state index in [4.69, 9.17) is 4.74 Å². The molecule has 0 unspecified atom stereocenters. The molecule has 1 aromatic carbocycles. The SMILES string of the molecule is CCCCN(C)C(=O)c1ccc(-c2cc3c(CC)c(C(=O)CC4CC4)cnc3cc2OC)cn1. The zero-order valence-corrected chi connectivity index (χ0v) is 20.6. The van der Waals surface area contributed by atoms with Crippen LogP contribution in [0, 0.1) is 5.92 Å². The Bertz CT molecular complexity index is 1200. The van der Waals surface area contributed by atoms with Gasteiger partial charge in [0.2, 0.25) is 0 Å². The Morgan fingerprint density at radius 1 is 1.12 bits per heavy atom. The second-order valence-electron chi connectivity index (χ2n) is 9.16. The maximum atomic E-state index is 12.9. The molecule has 34 heavy (non-hydrogen) atoms. The van der Waals surface area contributed by atoms with E-state index in [1.807, 2.05) is 18.2 Å². The van der Waals surface area contributed by atoms with E-state index in [0.29, 0.717) is 30.3 Å². The Hall–Kier alpha value is -3.28. The summed E-state index contributed by atoms with van der Waals surface area (Å²) in [5.41, 5.74) is 4.69. The minimum absolute atomic E-state index is 0.0817. The van der Waals surface area contributed by atoms with Gasteiger partial charge in [0.15, 0.2) is 5.78 Å². The highest BCUT2D eigenvalue weighted by molar-refractivity contribution is 6.03. The summed E-state index contributed by atoms with van der Waals surface area (Å²) in [5, 5.41) is 0.958. The number of hydrogen-bond acceptors (Lipinski definition) is 5. The molecule has 1 amide bonds. The number of amides is 1. The minimum Gasteiger partial charge on any atom is -0.496 e. The molecule has 1 fully saturated rings. The highest BCUT2D eigenvalue weighted by Gasteiger charge is 2.26. The number of carbonyl (C=O) groups is 2. The molecule has 0 radical (unpaired) electrons. The van der Waals surface area contributed by atoms with E-state index in [-0.39, 0.29) is 11.7 Å². The first-order valence-corrected chi connectivity index (χ1v) is 12.2. The van der Waals surface area contributed by atoms with Crippen LogP contribution in [-0.2, 0) is 6.42 Å². The number of fused-ring (bicyclic) bond motifs is 1. The van der Waals surface area contributed by atoms with Crippen LogP contribution < -0.4 is 4.74 Å². The molecular weight excluding hydrogens is 426 g/mol. The number of methoxy groups -OCH3 is 1. The van der Waals surface area contributed by atoms with Crippen LogP contribution in [-0.4, -0.2) is 47.3 Å². The molecule has 0 spiro atoms. The van der Waals surface area contributed by atoms with Crippen molar-refractivity contribution in [3.63, 3.8) is 0 Å². The van der Waals surface area contributed by atoms with Crippen molar-refractivity contribution in [2.24, 2.45) is 5.92 Å². The molecule has 1 saturated carbocycles. The number of unbranched alkanes of at least 4 members (excludes halogenated alkanes) is 1. The fourth-order valence-corrected chi connectivity index (χ4v) is 4.36. The topological polar surface area (TPSA) is 72.4 Å². The average Bonchev–Trinajstić information content (AvgIpc) is 3.69. The number of ketones is 1. The van der Waals surface area contributed by atoms with Crippen molar-refractivity contribution in [1.29, 1.82) is 0 Å². The molecule has 178 valence electrons. The second-order valence-corrected chi connectivity index (χ2v) is 9.16. The van der Waals surface area contributed by atoms with Crippen LogP contribution in [0.15, 0.2) is 36.7 Å². The largest absolute Gasteiger partial charge is 0.496 e. The highest BCUT2D eigenvalue weighted by atomic mass is 16.5. The van der Waals surface area contributed by atoms with Crippen LogP contribution in [0.5, 0.6) is 5.75 Å². The molecule has 1 aliphatic rings. The summed E-state index contributed by atoms with van der Waals surface area (Å²) in [6, 6.07) is 7.62. The molecule has 3 aromatic rings. The van der Waals surface area contributed by atoms with Gasteiger partial charge in [0.25, 0.3) is 5.91 Å². The van der Waals surface area contributed by atoms with E-state index in [2.05, 4.69) is 23.8 Å². The monoisotopic (exact) mass is 459 g/mol. The van der Waals surface area contributed by atoms with E-state index in [1.54, 1.807) is 37.5 Å². The first-order valence-electron chi connectivity index (χ1n) is 12.2. The van der Waals surface area contributed by atoms with Crippen molar-refractivity contribution in [3.8, 4) is 16.9 Å². The summed E-state index contributed by atoms with van der Waals surface area (Å²) < 4.78 is 5.67. The van der Waals surface area contributed by atoms with Gasteiger partial charge in [-0.15, -0.1) is 0 Å². The van der Waals surface area contributed by atoms with Crippen molar-refractivity contribution in [1.82, 2.24) is 14.9 Å². The van der Waals surface area contributed by atoms with Gasteiger partial charge in [-0.25, -0.2) is 0 Å². The highest BCUT2D eigenvalue weighted by Crippen LogP contribution is 2.37. The maximum absolute atomic E-state index is 12.9. The smallest absolute Gasteiger partial charge is 0.272 e. The van der Waals surface area contributed by atoms with Gasteiger partial charge >= 0.3 is 0 Å². The lowest BCUT2D eigenvalue weighted by molar-refractivity contribution is 0.0787. The third-order valence-electron chi connectivity index (χ3n) is 6.61. The van der Waals surface area contributed by atoms with E-state index in [9.17, 15) is 9.59 Å². The van der Waals surface area contributed by atoms with Gasteiger partial charge < -0.3 is 9.64 Å². The molecule has 0 aliphatic heterocycles. The van der Waals surface area contributed by atoms with Crippen molar-refractivity contribution in [2.75, 3.05) is 20.7 Å². The summed E-state index contributed by atoms with van der Waals surface area (Å²) in [6.07, 6.45) is 9.09. The Labute approximate surface area is 201 Å². The Kier molecular flexibility index (Phi) is 7.25. The lowest BCUT2D eigenvalue weighted by Crippen LogP contribution is -2.28. The molecule has 2 heterocycles. The van der Waals surface area contributed by atoms with Crippen molar-refractivity contribution in [3.05, 3.63) is 53.5 Å². The molecule has 0 N–H and O–H groups in total. The van der Waals surface area contributed by atoms with Crippen LogP contribution in [0.3, 0.4) is 0 Å². The van der Waals surface area contributed by atoms with Gasteiger partial charge in [-0.3, -0.25) is 19.6 Å². The van der Waals surface area contributed by atoms with Crippen molar-refractivity contribution in [2.45, 2.75) is 52.4 Å². The Morgan fingerprint density at radius 2 is 1.91 bits per heavy atom. The van der Waals surface area contributed by atoms with E-state index < -0.39 is 0 Å². The van der Waals surface area contributed by atoms with E-state index in [0.717, 1.165) is 65.3 Å². The molecule has 1 aliphatic carbocycles. The Balaban J connectivity index is 1.71. The van der Waals surface area contributed by atoms with Gasteiger partial charge in [0, 0.05) is 60.5 Å². The average molecular weight is 460 g/mol. The number of hydrogen-bond donors (Lipinski definition) is 0. The first-order chi connectivity index (χ1) is 16.5. The summed E-state index contributed by atoms with van der Waals surface area (Å²) in [4.78, 5) is 36.3. The van der Waals surface area contributed by atoms with Crippen LogP contribution in [0.25, 0.3) is 22.0 Å². The number of carbonyl (C=O) groups excluding carboxylic acids is 2. The van der Waals surface area contributed by atoms with Gasteiger partial charge in [-0.2, -0.15) is 0 Å². The minimum atomic E-state index is -0.0817. The standard InChI is InChI=1S/C28H33N3O3/c1-5-7-12-31(3)28(33)24-11-10-19(16-29-24)21-14-22-20(6-2)23(26(32)13-18-8-9-18)17-30-25(22)15-27(21)34-4/h10-11,14-18H,5-9,12-13H2,1-4H3. The van der Waals surface area contributed by atoms with Crippen molar-refractivity contribution >= 4 is 22.6 Å². The molecule has 0 saturated heterocycles. The van der Waals surface area contributed by atoms with E-state index >= 15 is 0 Å². The molecule has 0 bridgehead atoms. The molecule has 6 heteroatoms. The van der Waals surface area contributed by atoms with E-state index in [1.165, 1.54) is 0 Å². The summed E-state index contributed by atoms with van der Waals surface area (Å²) in [6.45, 7) is 4.89. The predicted octanol–water partition coefficient (Wildman–Crippen LogP) is 5.72. The number of aryl methyl sites for hydroxylation is 1. The number of benzene rings is 1. The summed E-state index contributed by atoms with van der Waals surface area (Å²) in [5.74, 6) is 1.32. The van der Waals surface area contributed by atoms with Crippen LogP contribution >= 0.6 is 0 Å². The fraction of sp³-hybridized carbons (Fsp3) is 0.429. The summed E-state index contributed by atoms with van der Waals surface area (Å²) >= 11 is 0. The lowest BCUT2D eigenvalue weighted by atomic mass is 9.94. The quantitative estimate of drug-likeness (QED) is 0.363. The number of ether oxygens (including phenoxy) is 1. The maximum Gasteiger partial charge on any atom is 0.272 e. The van der Waals surface area contributed by atoms with Crippen molar-refractivity contribution < 1.29 is 14.3 Å². The number of aromatic nitrogens is 2. The zero-order valence-electron chi connectivity index (χ0n) is 20.6. The second kappa shape index (κ2) is 10.3. The number of rotatable bonds is 10. The molecule has 0 atom stereocenters. The Morgan fingerprint density at radius 3 is 2.53 bits per heavy atom. The third-order valence-corrected chi connectivity index (χ3v) is 6.61. The first kappa shape index (κ1) is 23.9. The number of nitrogens with zero attached hydrogens (tertiary/aromatic N) is 3. The van der Waals surface area contributed by atoms with Gasteiger partial charge in [-0.05, 0) is 49.3 Å². The van der Waals surface area contributed by atoms with Crippen LogP contribution in [0.1, 0.15) is 72.4 Å². The predicted molar refractivity (Wildman–Crippen MR) is 134 cm³/mol. The number of Topliss-reactive ketones (excluding diaryl/α,β-unsaturated/α-hetero) is 1. The van der Waals surface area contributed by atoms with Gasteiger partial charge in [0.1, 0.15) is 11.4 Å². The molecule has 6 nitrogen and oxygen atoms in total. The molecule has 4 rings (SSSR count). The zero-order chi connectivity index (χ0) is 24.2. The van der Waals surface area contributed by atoms with Crippen LogP contribution in [0.4, 0.5) is 0 Å². The van der Waals surface area contributed by atoms with Crippen LogP contribution in [0.2, 0.25) is 0 Å². The molecule has 2 aromatic heterocycles. The lowest BCUT2D eigenvalue weighted by Gasteiger charge is -2.17. The third kappa shape index (κ3) is 4.96. The molecular formula is C28H33N3O3. The van der Waals surface area contributed by atoms with Gasteiger partial charge in [-0.1, -0.05) is 26.3 Å². The summed E-state index contributed by atoms with van der Waals surface area (Å²) in [7, 11) is 3.44.